The summed E-state index contributed by atoms with van der Waals surface area (Å²) in [5, 5.41) is 23.1. The van der Waals surface area contributed by atoms with E-state index in [4.69, 9.17) is 19.5 Å². The molecule has 11 nitrogen and oxygen atoms in total. The molecule has 34 heavy (non-hydrogen) atoms. The molecule has 1 unspecified atom stereocenters. The van der Waals surface area contributed by atoms with Gasteiger partial charge in [-0.1, -0.05) is 25.5 Å². The summed E-state index contributed by atoms with van der Waals surface area (Å²) in [5.41, 5.74) is -1.81. The molecule has 2 amide bonds. The van der Waals surface area contributed by atoms with Crippen molar-refractivity contribution >= 4 is 36.8 Å². The Labute approximate surface area is 195 Å². The highest BCUT2D eigenvalue weighted by Crippen LogP contribution is 2.32. The Kier molecular flexibility index (Phi) is 8.74. The van der Waals surface area contributed by atoms with Crippen molar-refractivity contribution in [1.29, 1.82) is 0 Å². The summed E-state index contributed by atoms with van der Waals surface area (Å²) in [4.78, 5) is 59.5. The van der Waals surface area contributed by atoms with Gasteiger partial charge in [-0.05, 0) is 31.4 Å². The first-order chi connectivity index (χ1) is 15.8. The number of hydrogen-bond donors (Lipinski definition) is 4. The van der Waals surface area contributed by atoms with Gasteiger partial charge in [-0.15, -0.1) is 0 Å². The highest BCUT2D eigenvalue weighted by Gasteiger charge is 2.57. The molecule has 1 fully saturated rings. The summed E-state index contributed by atoms with van der Waals surface area (Å²) >= 11 is 0. The molecular formula is C21H26BFN2O9. The third-order valence-electron chi connectivity index (χ3n) is 4.99. The number of benzene rings is 1. The number of aryl methyl sites for hydroxylation is 1. The number of hydrogen-bond acceptors (Lipinski definition) is 7. The van der Waals surface area contributed by atoms with Gasteiger partial charge in [-0.25, -0.2) is 4.39 Å². The van der Waals surface area contributed by atoms with E-state index < -0.39 is 73.6 Å². The molecule has 1 atom stereocenters. The van der Waals surface area contributed by atoms with Crippen LogP contribution in [0.1, 0.15) is 49.0 Å². The minimum absolute atomic E-state index is 0.0440. The van der Waals surface area contributed by atoms with Gasteiger partial charge in [0.1, 0.15) is 5.82 Å². The molecule has 13 heteroatoms. The zero-order valence-electron chi connectivity index (χ0n) is 18.9. The average molecular weight is 480 g/mol. The van der Waals surface area contributed by atoms with Crippen molar-refractivity contribution in [3.63, 3.8) is 0 Å². The summed E-state index contributed by atoms with van der Waals surface area (Å²) in [5.74, 6) is -7.35. The van der Waals surface area contributed by atoms with Crippen molar-refractivity contribution in [3.8, 4) is 0 Å². The molecule has 1 heterocycles. The number of carbonyl (C=O) groups is 5. The maximum absolute atomic E-state index is 13.9. The predicted octanol–water partition coefficient (Wildman–Crippen LogP) is 0.684. The number of halogens is 1. The van der Waals surface area contributed by atoms with Gasteiger partial charge < -0.3 is 30.2 Å². The summed E-state index contributed by atoms with van der Waals surface area (Å²) < 4.78 is 24.5. The Balaban J connectivity index is 2.10. The third kappa shape index (κ3) is 7.01. The lowest BCUT2D eigenvalue weighted by Gasteiger charge is -2.24. The fourth-order valence-corrected chi connectivity index (χ4v) is 3.52. The number of amides is 2. The molecule has 0 aliphatic carbocycles. The lowest BCUT2D eigenvalue weighted by atomic mass is 9.74. The van der Waals surface area contributed by atoms with Gasteiger partial charge in [0.25, 0.3) is 5.91 Å². The first-order valence-corrected chi connectivity index (χ1v) is 10.5. The molecule has 2 rings (SSSR count). The first kappa shape index (κ1) is 26.8. The number of rotatable bonds is 11. The number of carbonyl (C=O) groups excluding carboxylic acids is 3. The number of carboxylic acid groups (broad SMARTS) is 2. The van der Waals surface area contributed by atoms with Crippen molar-refractivity contribution in [1.82, 2.24) is 10.6 Å². The monoisotopic (exact) mass is 480 g/mol. The number of nitrogens with one attached hydrogen (secondary N) is 2. The second kappa shape index (κ2) is 11.1. The molecule has 0 aromatic heterocycles. The third-order valence-corrected chi connectivity index (χ3v) is 4.99. The SMILES string of the molecule is Cc1ccc(F)c(C(=O)NCC(=O)NC(CC(C)C)B2OC(=O)C(CC(=O)O)(CC(=O)O)O2)c1. The van der Waals surface area contributed by atoms with Crippen LogP contribution in [0.2, 0.25) is 0 Å². The predicted molar refractivity (Wildman–Crippen MR) is 115 cm³/mol. The van der Waals surface area contributed by atoms with Crippen molar-refractivity contribution < 1.29 is 47.9 Å². The first-order valence-electron chi connectivity index (χ1n) is 10.5. The number of carboxylic acids is 2. The van der Waals surface area contributed by atoms with Gasteiger partial charge in [0.15, 0.2) is 5.60 Å². The van der Waals surface area contributed by atoms with Crippen molar-refractivity contribution in [2.24, 2.45) is 5.92 Å². The van der Waals surface area contributed by atoms with Crippen LogP contribution in [0.25, 0.3) is 0 Å². The van der Waals surface area contributed by atoms with Gasteiger partial charge in [-0.2, -0.15) is 0 Å². The molecule has 0 radical (unpaired) electrons. The van der Waals surface area contributed by atoms with E-state index in [1.165, 1.54) is 12.1 Å². The van der Waals surface area contributed by atoms with Crippen LogP contribution in [-0.2, 0) is 28.5 Å². The van der Waals surface area contributed by atoms with Gasteiger partial charge >= 0.3 is 25.0 Å². The Morgan fingerprint density at radius 1 is 1.15 bits per heavy atom. The lowest BCUT2D eigenvalue weighted by Crippen LogP contribution is -2.51. The quantitative estimate of drug-likeness (QED) is 0.333. The summed E-state index contributed by atoms with van der Waals surface area (Å²) in [6.07, 6.45) is -1.65. The van der Waals surface area contributed by atoms with E-state index in [0.29, 0.717) is 5.56 Å². The molecule has 1 aromatic carbocycles. The standard InChI is InChI=1S/C21H26BFN2O9/c1-11(2)6-15(22-33-20(32)21(34-22,8-17(27)28)9-18(29)30)25-16(26)10-24-19(31)13-7-12(3)4-5-14(13)23/h4-5,7,11,15H,6,8-10H2,1-3H3,(H,24,31)(H,25,26)(H,27,28)(H,29,30). The summed E-state index contributed by atoms with van der Waals surface area (Å²) in [6, 6.07) is 3.96. The normalized spacial score (nSPS) is 15.6. The highest BCUT2D eigenvalue weighted by atomic mass is 19.1. The molecule has 0 spiro atoms. The van der Waals surface area contributed by atoms with Crippen molar-refractivity contribution in [2.45, 2.75) is 51.6 Å². The Hall–Kier alpha value is -3.48. The lowest BCUT2D eigenvalue weighted by molar-refractivity contribution is -0.157. The molecule has 1 aliphatic heterocycles. The highest BCUT2D eigenvalue weighted by molar-refractivity contribution is 6.51. The van der Waals surface area contributed by atoms with Crippen LogP contribution in [0.15, 0.2) is 18.2 Å². The largest absolute Gasteiger partial charge is 0.552 e. The van der Waals surface area contributed by atoms with E-state index >= 15 is 0 Å². The van der Waals surface area contributed by atoms with E-state index in [1.807, 2.05) is 0 Å². The zero-order chi connectivity index (χ0) is 25.6. The van der Waals surface area contributed by atoms with Crippen molar-refractivity contribution in [2.75, 3.05) is 6.54 Å². The minimum atomic E-state index is -2.24. The maximum atomic E-state index is 13.9. The molecule has 184 valence electrons. The van der Waals surface area contributed by atoms with Gasteiger partial charge in [0, 0.05) is 0 Å². The zero-order valence-corrected chi connectivity index (χ0v) is 18.9. The van der Waals surface area contributed by atoms with E-state index in [0.717, 1.165) is 6.07 Å². The summed E-state index contributed by atoms with van der Waals surface area (Å²) in [7, 11) is -1.44. The van der Waals surface area contributed by atoms with Crippen LogP contribution in [0, 0.1) is 18.7 Å². The topological polar surface area (TPSA) is 168 Å². The Morgan fingerprint density at radius 3 is 2.32 bits per heavy atom. The van der Waals surface area contributed by atoms with E-state index in [-0.39, 0.29) is 17.9 Å². The van der Waals surface area contributed by atoms with E-state index in [9.17, 15) is 28.4 Å². The fourth-order valence-electron chi connectivity index (χ4n) is 3.52. The Morgan fingerprint density at radius 2 is 1.76 bits per heavy atom. The number of aliphatic carboxylic acids is 2. The molecule has 4 N–H and O–H groups in total. The second-order valence-corrected chi connectivity index (χ2v) is 8.50. The van der Waals surface area contributed by atoms with Crippen LogP contribution in [0.3, 0.4) is 0 Å². The van der Waals surface area contributed by atoms with Gasteiger partial charge in [0.2, 0.25) is 5.91 Å². The van der Waals surface area contributed by atoms with Gasteiger partial charge in [-0.3, -0.25) is 24.0 Å². The molecular weight excluding hydrogens is 454 g/mol. The van der Waals surface area contributed by atoms with Crippen LogP contribution in [-0.4, -0.2) is 65.1 Å². The molecule has 1 aromatic rings. The van der Waals surface area contributed by atoms with Crippen LogP contribution in [0.4, 0.5) is 4.39 Å². The molecule has 1 saturated heterocycles. The van der Waals surface area contributed by atoms with E-state index in [1.54, 1.807) is 20.8 Å². The summed E-state index contributed by atoms with van der Waals surface area (Å²) in [6.45, 7) is 4.76. The van der Waals surface area contributed by atoms with Crippen molar-refractivity contribution in [3.05, 3.63) is 35.1 Å². The Bertz CT molecular complexity index is 969. The average Bonchev–Trinajstić information content (AvgIpc) is 3.01. The van der Waals surface area contributed by atoms with E-state index in [2.05, 4.69) is 10.6 Å². The fraction of sp³-hybridized carbons (Fsp3) is 0.476. The molecule has 0 bridgehead atoms. The second-order valence-electron chi connectivity index (χ2n) is 8.50. The maximum Gasteiger partial charge on any atom is 0.552 e. The van der Waals surface area contributed by atoms with Crippen LogP contribution in [0.5, 0.6) is 0 Å². The van der Waals surface area contributed by atoms with Crippen LogP contribution >= 0.6 is 0 Å². The van der Waals surface area contributed by atoms with Crippen LogP contribution < -0.4 is 10.6 Å². The van der Waals surface area contributed by atoms with Gasteiger partial charge in [0.05, 0.1) is 30.9 Å². The molecule has 1 aliphatic rings. The molecule has 0 saturated carbocycles. The smallest absolute Gasteiger partial charge is 0.506 e. The minimum Gasteiger partial charge on any atom is -0.506 e.